The second-order valence-electron chi connectivity index (χ2n) is 9.06. The monoisotopic (exact) mass is 476 g/mol. The van der Waals surface area contributed by atoms with E-state index in [9.17, 15) is 9.59 Å². The number of nitrogens with zero attached hydrogens (tertiary/aromatic N) is 3. The van der Waals surface area contributed by atoms with Gasteiger partial charge in [-0.15, -0.1) is 0 Å². The largest absolute Gasteiger partial charge is 0.372 e. The van der Waals surface area contributed by atoms with Crippen LogP contribution >= 0.6 is 11.8 Å². The number of morpholine rings is 1. The minimum atomic E-state index is -0.168. The Balaban J connectivity index is 1.60. The second kappa shape index (κ2) is 8.92. The molecule has 1 saturated heterocycles. The molecule has 8 heteroatoms. The third kappa shape index (κ3) is 4.12. The first kappa shape index (κ1) is 22.7. The number of H-pyrrole nitrogens is 1. The zero-order valence-electron chi connectivity index (χ0n) is 19.8. The molecular weight excluding hydrogens is 448 g/mol. The van der Waals surface area contributed by atoms with E-state index < -0.39 is 0 Å². The maximum atomic E-state index is 13.8. The molecule has 1 N–H and O–H groups in total. The zero-order chi connectivity index (χ0) is 24.0. The highest BCUT2D eigenvalue weighted by molar-refractivity contribution is 7.99. The summed E-state index contributed by atoms with van der Waals surface area (Å²) in [7, 11) is 0. The van der Waals surface area contributed by atoms with Crippen molar-refractivity contribution in [2.45, 2.75) is 45.1 Å². The summed E-state index contributed by atoms with van der Waals surface area (Å²) in [4.78, 5) is 36.9. The molecule has 5 rings (SSSR count). The lowest BCUT2D eigenvalue weighted by atomic mass is 10.1. The Morgan fingerprint density at radius 1 is 1.15 bits per heavy atom. The number of hydrogen-bond acceptors (Lipinski definition) is 5. The van der Waals surface area contributed by atoms with Crippen LogP contribution in [-0.2, 0) is 9.53 Å². The Hall–Kier alpha value is -3.10. The van der Waals surface area contributed by atoms with Crippen molar-refractivity contribution in [1.82, 2.24) is 19.4 Å². The highest BCUT2D eigenvalue weighted by Gasteiger charge is 2.26. The molecule has 0 radical (unpaired) electrons. The van der Waals surface area contributed by atoms with Crippen LogP contribution in [0.4, 0.5) is 0 Å². The Bertz CT molecular complexity index is 1450. The highest BCUT2D eigenvalue weighted by Crippen LogP contribution is 2.28. The topological polar surface area (TPSA) is 80.2 Å². The average molecular weight is 477 g/mol. The fourth-order valence-corrected chi connectivity index (χ4v) is 5.51. The number of thioether (sulfide) groups is 1. The number of hydrogen-bond donors (Lipinski definition) is 1. The van der Waals surface area contributed by atoms with Crippen LogP contribution in [0.1, 0.15) is 25.0 Å². The van der Waals surface area contributed by atoms with E-state index in [1.54, 1.807) is 4.57 Å². The number of benzene rings is 2. The number of aryl methyl sites for hydroxylation is 2. The molecule has 34 heavy (non-hydrogen) atoms. The Morgan fingerprint density at radius 2 is 1.88 bits per heavy atom. The molecule has 0 spiro atoms. The standard InChI is InChI=1S/C26H28N4O3S/c1-15-9-10-16(2)21(11-15)30-25(32)24-23(19-7-5-6-8-20(19)27-24)28-26(30)34-14-22(31)29-12-17(3)33-18(4)13-29/h5-11,17-18,27H,12-14H2,1-4H3. The van der Waals surface area contributed by atoms with Crippen molar-refractivity contribution in [3.63, 3.8) is 0 Å². The van der Waals surface area contributed by atoms with Crippen molar-refractivity contribution in [3.05, 3.63) is 63.9 Å². The second-order valence-corrected chi connectivity index (χ2v) is 10.0. The van der Waals surface area contributed by atoms with Crippen LogP contribution < -0.4 is 5.56 Å². The third-order valence-corrected chi connectivity index (χ3v) is 7.12. The lowest BCUT2D eigenvalue weighted by molar-refractivity contribution is -0.140. The van der Waals surface area contributed by atoms with Gasteiger partial charge in [-0.25, -0.2) is 4.98 Å². The van der Waals surface area contributed by atoms with Crippen molar-refractivity contribution in [2.24, 2.45) is 0 Å². The van der Waals surface area contributed by atoms with E-state index in [0.717, 1.165) is 27.7 Å². The number of carbonyl (C=O) groups excluding carboxylic acids is 1. The fourth-order valence-electron chi connectivity index (χ4n) is 4.61. The molecule has 2 aromatic carbocycles. The number of para-hydroxylation sites is 1. The third-order valence-electron chi connectivity index (χ3n) is 6.20. The predicted octanol–water partition coefficient (Wildman–Crippen LogP) is 4.21. The molecule has 4 aromatic rings. The van der Waals surface area contributed by atoms with Crippen LogP contribution in [0.3, 0.4) is 0 Å². The first-order valence-corrected chi connectivity index (χ1v) is 12.5. The molecule has 7 nitrogen and oxygen atoms in total. The number of aromatic amines is 1. The number of aromatic nitrogens is 3. The molecule has 0 saturated carbocycles. The summed E-state index contributed by atoms with van der Waals surface area (Å²) in [5.41, 5.74) is 4.59. The quantitative estimate of drug-likeness (QED) is 0.353. The van der Waals surface area contributed by atoms with Gasteiger partial charge in [-0.05, 0) is 51.0 Å². The predicted molar refractivity (Wildman–Crippen MR) is 136 cm³/mol. The minimum absolute atomic E-state index is 0.00604. The maximum Gasteiger partial charge on any atom is 0.283 e. The van der Waals surface area contributed by atoms with Gasteiger partial charge in [0.2, 0.25) is 5.91 Å². The first-order valence-electron chi connectivity index (χ1n) is 11.5. The van der Waals surface area contributed by atoms with Crippen LogP contribution in [0.15, 0.2) is 52.4 Å². The molecule has 1 amide bonds. The van der Waals surface area contributed by atoms with Crippen LogP contribution in [0.2, 0.25) is 0 Å². The van der Waals surface area contributed by atoms with Gasteiger partial charge in [0, 0.05) is 24.0 Å². The van der Waals surface area contributed by atoms with Gasteiger partial charge in [-0.3, -0.25) is 14.2 Å². The van der Waals surface area contributed by atoms with E-state index in [-0.39, 0.29) is 29.4 Å². The minimum Gasteiger partial charge on any atom is -0.372 e. The van der Waals surface area contributed by atoms with Crippen LogP contribution in [0.5, 0.6) is 0 Å². The Labute approximate surface area is 202 Å². The van der Waals surface area contributed by atoms with Gasteiger partial charge in [0.1, 0.15) is 11.0 Å². The zero-order valence-corrected chi connectivity index (χ0v) is 20.6. The number of ether oxygens (including phenoxy) is 1. The molecule has 0 aliphatic carbocycles. The summed E-state index contributed by atoms with van der Waals surface area (Å²) in [6, 6.07) is 13.8. The smallest absolute Gasteiger partial charge is 0.283 e. The van der Waals surface area contributed by atoms with Gasteiger partial charge in [-0.1, -0.05) is 42.1 Å². The van der Waals surface area contributed by atoms with E-state index in [1.165, 1.54) is 11.8 Å². The van der Waals surface area contributed by atoms with Gasteiger partial charge in [0.15, 0.2) is 5.16 Å². The molecule has 3 heterocycles. The molecule has 0 bridgehead atoms. The molecule has 1 aliphatic heterocycles. The van der Waals surface area contributed by atoms with E-state index in [0.29, 0.717) is 29.3 Å². The van der Waals surface area contributed by atoms with E-state index in [1.807, 2.05) is 75.1 Å². The highest BCUT2D eigenvalue weighted by atomic mass is 32.2. The summed E-state index contributed by atoms with van der Waals surface area (Å²) >= 11 is 1.31. The summed E-state index contributed by atoms with van der Waals surface area (Å²) in [5, 5.41) is 1.41. The molecular formula is C26H28N4O3S. The van der Waals surface area contributed by atoms with Crippen LogP contribution in [-0.4, -0.2) is 56.4 Å². The van der Waals surface area contributed by atoms with Crippen molar-refractivity contribution < 1.29 is 9.53 Å². The lowest BCUT2D eigenvalue weighted by Gasteiger charge is -2.35. The molecule has 2 aromatic heterocycles. The van der Waals surface area contributed by atoms with Crippen molar-refractivity contribution in [3.8, 4) is 5.69 Å². The van der Waals surface area contributed by atoms with Gasteiger partial charge in [-0.2, -0.15) is 0 Å². The molecule has 176 valence electrons. The molecule has 2 unspecified atom stereocenters. The lowest BCUT2D eigenvalue weighted by Crippen LogP contribution is -2.48. The normalized spacial score (nSPS) is 18.6. The number of carbonyl (C=O) groups is 1. The van der Waals surface area contributed by atoms with Crippen LogP contribution in [0.25, 0.3) is 27.6 Å². The van der Waals surface area contributed by atoms with Crippen molar-refractivity contribution in [2.75, 3.05) is 18.8 Å². The SMILES string of the molecule is Cc1ccc(C)c(-n2c(SCC(=O)N3CC(C)OC(C)C3)nc3c([nH]c4ccccc43)c2=O)c1. The number of fused-ring (bicyclic) bond motifs is 3. The van der Waals surface area contributed by atoms with Gasteiger partial charge >= 0.3 is 0 Å². The summed E-state index contributed by atoms with van der Waals surface area (Å²) in [6.07, 6.45) is 0.0121. The van der Waals surface area contributed by atoms with Gasteiger partial charge in [0.05, 0.1) is 23.6 Å². The average Bonchev–Trinajstić information content (AvgIpc) is 3.18. The summed E-state index contributed by atoms with van der Waals surface area (Å²) < 4.78 is 7.41. The molecule has 2 atom stereocenters. The Kier molecular flexibility index (Phi) is 5.95. The van der Waals surface area contributed by atoms with E-state index in [4.69, 9.17) is 9.72 Å². The molecule has 1 fully saturated rings. The number of rotatable bonds is 4. The van der Waals surface area contributed by atoms with Gasteiger partial charge in [0.25, 0.3) is 5.56 Å². The van der Waals surface area contributed by atoms with Gasteiger partial charge < -0.3 is 14.6 Å². The van der Waals surface area contributed by atoms with E-state index in [2.05, 4.69) is 4.98 Å². The number of amides is 1. The van der Waals surface area contributed by atoms with Crippen molar-refractivity contribution >= 4 is 39.6 Å². The number of nitrogens with one attached hydrogen (secondary N) is 1. The maximum absolute atomic E-state index is 13.8. The fraction of sp³-hybridized carbons (Fsp3) is 0.346. The summed E-state index contributed by atoms with van der Waals surface area (Å²) in [5.74, 6) is 0.220. The van der Waals surface area contributed by atoms with Crippen molar-refractivity contribution in [1.29, 1.82) is 0 Å². The van der Waals surface area contributed by atoms with Crippen LogP contribution in [0, 0.1) is 13.8 Å². The Morgan fingerprint density at radius 3 is 2.65 bits per heavy atom. The molecule has 1 aliphatic rings. The van der Waals surface area contributed by atoms with E-state index >= 15 is 0 Å². The summed E-state index contributed by atoms with van der Waals surface area (Å²) in [6.45, 7) is 9.08. The first-order chi connectivity index (χ1) is 16.3.